The molecular weight excluding hydrogens is 1040 g/mol. The first-order valence-corrected chi connectivity index (χ1v) is 27.5. The van der Waals surface area contributed by atoms with Crippen LogP contribution in [0.3, 0.4) is 0 Å². The number of aromatic nitrogens is 4. The first kappa shape index (κ1) is 60.7. The summed E-state index contributed by atoms with van der Waals surface area (Å²) in [6.45, 7) is 15.5. The van der Waals surface area contributed by atoms with Crippen LogP contribution >= 0.6 is 12.4 Å². The number of hydrogen-bond donors (Lipinski definition) is 5. The van der Waals surface area contributed by atoms with Gasteiger partial charge in [-0.25, -0.2) is 0 Å². The van der Waals surface area contributed by atoms with Gasteiger partial charge in [0, 0.05) is 68.7 Å². The minimum absolute atomic E-state index is 0. The molecule has 3 aromatic carbocycles. The highest BCUT2D eigenvalue weighted by Crippen LogP contribution is 2.39. The van der Waals surface area contributed by atoms with Crippen molar-refractivity contribution in [3.8, 4) is 17.2 Å². The minimum atomic E-state index is -0.268. The molecule has 0 bridgehead atoms. The summed E-state index contributed by atoms with van der Waals surface area (Å²) >= 11 is 0. The average molecular weight is 1120 g/mol. The van der Waals surface area contributed by atoms with E-state index in [0.717, 1.165) is 83.3 Å². The fourth-order valence-corrected chi connectivity index (χ4v) is 12.1. The lowest BCUT2D eigenvalue weighted by atomic mass is 9.86. The predicted octanol–water partition coefficient (Wildman–Crippen LogP) is 8.95. The summed E-state index contributed by atoms with van der Waals surface area (Å²) < 4.78 is 26.8. The molecule has 2 aliphatic rings. The highest BCUT2D eigenvalue weighted by molar-refractivity contribution is 6.09. The lowest BCUT2D eigenvalue weighted by Crippen LogP contribution is -2.44. The SMILES string of the molecule is COc1cc(C)[nH]c(=O)c1CNC(=O)c1c(C)n(C(C)C2CCN(C)C(CO)C2)c2ccccc12.COc1ccc(COCC2CC(C(C)n3c(C)c(C(=O)NCc4c(OC)cc(C)[nH]c4=O)c4ccccc43)CCN2C)cc1.Cl. The molecule has 6 unspecified atom stereocenters. The Balaban J connectivity index is 0.000000234. The number of nitrogens with zero attached hydrogens (tertiary/aromatic N) is 4. The molecule has 2 amide bonds. The smallest absolute Gasteiger partial charge is 0.256 e. The number of ether oxygens (including phenoxy) is 4. The Morgan fingerprint density at radius 1 is 0.650 bits per heavy atom. The number of benzene rings is 3. The van der Waals surface area contributed by atoms with Crippen molar-refractivity contribution in [2.75, 3.05) is 61.7 Å². The number of fused-ring (bicyclic) bond motifs is 2. The largest absolute Gasteiger partial charge is 0.497 e. The molecule has 80 heavy (non-hydrogen) atoms. The van der Waals surface area contributed by atoms with Crippen molar-refractivity contribution in [1.82, 2.24) is 39.5 Å². The highest BCUT2D eigenvalue weighted by Gasteiger charge is 2.34. The minimum Gasteiger partial charge on any atom is -0.497 e. The summed E-state index contributed by atoms with van der Waals surface area (Å²) in [5.74, 6) is 2.14. The third kappa shape index (κ3) is 13.1. The molecule has 7 aromatic rings. The molecule has 0 radical (unpaired) electrons. The number of likely N-dealkylation sites (tertiary alicyclic amines) is 2. The Labute approximate surface area is 475 Å². The maximum absolute atomic E-state index is 13.7. The molecule has 6 heterocycles. The van der Waals surface area contributed by atoms with Crippen LogP contribution in [0, 0.1) is 39.5 Å². The van der Waals surface area contributed by atoms with Gasteiger partial charge >= 0.3 is 0 Å². The topological polar surface area (TPSA) is 197 Å². The van der Waals surface area contributed by atoms with Gasteiger partial charge in [-0.1, -0.05) is 48.5 Å². The summed E-state index contributed by atoms with van der Waals surface area (Å²) in [6.07, 6.45) is 4.02. The number of carbonyl (C=O) groups excluding carboxylic acids is 2. The van der Waals surface area contributed by atoms with Crippen LogP contribution in [0.4, 0.5) is 0 Å². The fourth-order valence-electron chi connectivity index (χ4n) is 12.1. The zero-order valence-corrected chi connectivity index (χ0v) is 49.1. The number of likely N-dealkylation sites (N-methyl/N-ethyl adjacent to an activating group) is 2. The molecule has 6 atom stereocenters. The second-order valence-corrected chi connectivity index (χ2v) is 21.6. The number of piperidine rings is 2. The first-order chi connectivity index (χ1) is 38.0. The van der Waals surface area contributed by atoms with Gasteiger partial charge in [-0.15, -0.1) is 12.4 Å². The number of pyridine rings is 2. The van der Waals surface area contributed by atoms with Gasteiger partial charge in [0.15, 0.2) is 0 Å². The van der Waals surface area contributed by atoms with Crippen LogP contribution in [0.1, 0.15) is 112 Å². The summed E-state index contributed by atoms with van der Waals surface area (Å²) in [7, 11) is 8.95. The Kier molecular flexibility index (Phi) is 20.5. The van der Waals surface area contributed by atoms with Crippen molar-refractivity contribution < 1.29 is 33.6 Å². The molecule has 2 fully saturated rings. The number of methoxy groups -OCH3 is 3. The summed E-state index contributed by atoms with van der Waals surface area (Å²) in [5.41, 5.74) is 7.94. The maximum Gasteiger partial charge on any atom is 0.256 e. The zero-order valence-electron chi connectivity index (χ0n) is 48.2. The molecular formula is C62H81ClN8O9. The number of aliphatic hydroxyl groups is 1. The lowest BCUT2D eigenvalue weighted by molar-refractivity contribution is 0.0234. The number of aliphatic hydroxyl groups excluding tert-OH is 1. The Morgan fingerprint density at radius 2 is 1.09 bits per heavy atom. The number of aromatic amines is 2. The van der Waals surface area contributed by atoms with Gasteiger partial charge in [-0.2, -0.15) is 0 Å². The van der Waals surface area contributed by atoms with Crippen molar-refractivity contribution >= 4 is 46.0 Å². The van der Waals surface area contributed by atoms with Crippen molar-refractivity contribution in [2.24, 2.45) is 11.8 Å². The second kappa shape index (κ2) is 27.0. The van der Waals surface area contributed by atoms with Crippen molar-refractivity contribution in [2.45, 2.75) is 111 Å². The average Bonchev–Trinajstić information content (AvgIpc) is 4.00. The van der Waals surface area contributed by atoms with Gasteiger partial charge in [-0.05, 0) is 148 Å². The Morgan fingerprint density at radius 3 is 1.52 bits per heavy atom. The van der Waals surface area contributed by atoms with Crippen LogP contribution in [0.15, 0.2) is 94.5 Å². The number of H-pyrrole nitrogens is 2. The highest BCUT2D eigenvalue weighted by atomic mass is 35.5. The van der Waals surface area contributed by atoms with Gasteiger partial charge in [-0.3, -0.25) is 19.2 Å². The van der Waals surface area contributed by atoms with Crippen molar-refractivity contribution in [1.29, 1.82) is 0 Å². The van der Waals surface area contributed by atoms with Crippen LogP contribution in [-0.4, -0.2) is 120 Å². The van der Waals surface area contributed by atoms with Gasteiger partial charge in [0.25, 0.3) is 22.9 Å². The molecule has 5 N–H and O–H groups in total. The van der Waals surface area contributed by atoms with E-state index in [1.165, 1.54) is 14.2 Å². The quantitative estimate of drug-likeness (QED) is 0.0550. The number of amides is 2. The van der Waals surface area contributed by atoms with Gasteiger partial charge in [0.05, 0.1) is 76.5 Å². The van der Waals surface area contributed by atoms with Gasteiger partial charge in [0.2, 0.25) is 0 Å². The molecule has 18 heteroatoms. The Hall–Kier alpha value is -6.89. The van der Waals surface area contributed by atoms with E-state index in [1.807, 2.05) is 74.5 Å². The number of halogens is 1. The molecule has 4 aromatic heterocycles. The molecule has 9 rings (SSSR count). The molecule has 2 saturated heterocycles. The van der Waals surface area contributed by atoms with E-state index < -0.39 is 0 Å². The standard InChI is InChI=1S/C35H44N4O5.C27H36N4O4.ClH/c1-22-17-32(43-6)30(34(40)37-22)19-36-35(41)33-24(3)39(31-10-8-7-9-29(31)33)23(2)26-15-16-38(4)27(18-26)21-44-20-25-11-13-28(42-5)14-12-25;1-16-12-24(35-5)22(26(33)29-16)14-28-27(34)25-18(3)31(23-9-7-6-8-21(23)25)17(2)19-10-11-30(4)20(13-19)15-32;/h7-14,17,23,26-27H,15-16,18-21H2,1-6H3,(H,36,41)(H,37,40);6-9,12,17,19-20,32H,10-11,13-15H2,1-5H3,(H,28,34)(H,29,33);1H. The predicted molar refractivity (Wildman–Crippen MR) is 317 cm³/mol. The van der Waals surface area contributed by atoms with E-state index >= 15 is 0 Å². The zero-order chi connectivity index (χ0) is 56.7. The van der Waals surface area contributed by atoms with E-state index in [1.54, 1.807) is 33.1 Å². The Bertz CT molecular complexity index is 3380. The number of rotatable bonds is 18. The maximum atomic E-state index is 13.7. The first-order valence-electron chi connectivity index (χ1n) is 27.5. The van der Waals surface area contributed by atoms with Crippen molar-refractivity contribution in [3.63, 3.8) is 0 Å². The summed E-state index contributed by atoms with van der Waals surface area (Å²) in [4.78, 5) is 62.5. The number of aryl methyl sites for hydroxylation is 2. The number of hydrogen-bond acceptors (Lipinski definition) is 11. The van der Waals surface area contributed by atoms with E-state index in [4.69, 9.17) is 18.9 Å². The molecule has 2 aliphatic heterocycles. The van der Waals surface area contributed by atoms with E-state index in [0.29, 0.717) is 76.2 Å². The molecule has 0 spiro atoms. The second-order valence-electron chi connectivity index (χ2n) is 21.6. The molecule has 0 saturated carbocycles. The number of para-hydroxylation sites is 2. The third-order valence-corrected chi connectivity index (χ3v) is 16.7. The molecule has 17 nitrogen and oxygen atoms in total. The fraction of sp³-hybridized carbons (Fsp3) is 0.452. The van der Waals surface area contributed by atoms with E-state index in [9.17, 15) is 24.3 Å². The van der Waals surface area contributed by atoms with Crippen LogP contribution in [0.25, 0.3) is 21.8 Å². The monoisotopic (exact) mass is 1120 g/mol. The van der Waals surface area contributed by atoms with Gasteiger partial charge in [0.1, 0.15) is 17.2 Å². The van der Waals surface area contributed by atoms with Crippen LogP contribution in [0.2, 0.25) is 0 Å². The number of nitrogens with one attached hydrogen (secondary N) is 4. The van der Waals surface area contributed by atoms with E-state index in [-0.39, 0.29) is 73.2 Å². The summed E-state index contributed by atoms with van der Waals surface area (Å²) in [5, 5.41) is 17.6. The summed E-state index contributed by atoms with van der Waals surface area (Å²) in [6, 6.07) is 28.4. The normalized spacial score (nSPS) is 18.4. The van der Waals surface area contributed by atoms with Crippen LogP contribution in [-0.2, 0) is 24.4 Å². The third-order valence-electron chi connectivity index (χ3n) is 16.7. The molecule has 430 valence electrons. The number of carbonyl (C=O) groups is 2. The van der Waals surface area contributed by atoms with Crippen LogP contribution < -0.4 is 36.0 Å². The van der Waals surface area contributed by atoms with Gasteiger partial charge < -0.3 is 63.6 Å². The van der Waals surface area contributed by atoms with Crippen molar-refractivity contribution in [3.05, 3.63) is 156 Å². The lowest BCUT2D eigenvalue weighted by Gasteiger charge is -2.40. The molecule has 0 aliphatic carbocycles. The van der Waals surface area contributed by atoms with Crippen LogP contribution in [0.5, 0.6) is 17.2 Å². The van der Waals surface area contributed by atoms with E-state index in [2.05, 4.69) is 79.6 Å².